The van der Waals surface area contributed by atoms with Crippen LogP contribution in [0.4, 0.5) is 38.4 Å². The van der Waals surface area contributed by atoms with Gasteiger partial charge in [0.15, 0.2) is 0 Å². The van der Waals surface area contributed by atoms with Gasteiger partial charge >= 0.3 is 12.3 Å². The largest absolute Gasteiger partial charge is 0.431 e. The fraction of sp³-hybridized carbons (Fsp3) is 0.500. The number of rotatable bonds is 4. The maximum absolute atomic E-state index is 15.1. The number of carbonyl (C=O) groups is 1. The average Bonchev–Trinajstić information content (AvgIpc) is 3.64. The van der Waals surface area contributed by atoms with Crippen LogP contribution >= 0.6 is 0 Å². The summed E-state index contributed by atoms with van der Waals surface area (Å²) in [6, 6.07) is 2.36. The second-order valence-electron chi connectivity index (χ2n) is 8.17. The molecular formula is C20H19F5N6O2. The molecule has 2 aliphatic heterocycles. The fourth-order valence-electron chi connectivity index (χ4n) is 4.04. The molecule has 0 spiro atoms. The lowest BCUT2D eigenvalue weighted by Crippen LogP contribution is -2.44. The van der Waals surface area contributed by atoms with Crippen molar-refractivity contribution in [2.45, 2.75) is 31.0 Å². The third-order valence-corrected chi connectivity index (χ3v) is 5.86. The predicted molar refractivity (Wildman–Crippen MR) is 106 cm³/mol. The van der Waals surface area contributed by atoms with E-state index in [1.165, 1.54) is 6.07 Å². The van der Waals surface area contributed by atoms with E-state index < -0.39 is 41.6 Å². The first-order chi connectivity index (χ1) is 15.6. The standard InChI is InChI=1S/C20H19F5N6O2/c21-19(22,10-1-2-10)11-7-12(29-13(8-11)31-5-3-26-4-6-31)15-14-16(20(23,24)25)33-18(32)30-17(14)28-9-27-15/h7-10,16,26H,1-6H2,(H,27,28,30,32)/t16-/m1/s1. The molecule has 13 heteroatoms. The van der Waals surface area contributed by atoms with Crippen molar-refractivity contribution in [2.24, 2.45) is 5.92 Å². The number of ether oxygens (including phenoxy) is 1. The second kappa shape index (κ2) is 7.75. The molecule has 176 valence electrons. The number of aromatic nitrogens is 3. The van der Waals surface area contributed by atoms with Crippen LogP contribution in [-0.2, 0) is 10.7 Å². The van der Waals surface area contributed by atoms with Crippen LogP contribution in [0, 0.1) is 5.92 Å². The van der Waals surface area contributed by atoms with Gasteiger partial charge in [0.25, 0.3) is 5.92 Å². The maximum atomic E-state index is 15.1. The minimum atomic E-state index is -4.97. The summed E-state index contributed by atoms with van der Waals surface area (Å²) in [4.78, 5) is 25.5. The van der Waals surface area contributed by atoms with Crippen molar-refractivity contribution in [3.63, 3.8) is 0 Å². The number of hydrogen-bond acceptors (Lipinski definition) is 7. The number of fused-ring (bicyclic) bond motifs is 1. The fourth-order valence-corrected chi connectivity index (χ4v) is 4.04. The van der Waals surface area contributed by atoms with Crippen molar-refractivity contribution >= 4 is 17.7 Å². The number of amides is 1. The number of piperazine rings is 1. The molecule has 1 saturated heterocycles. The lowest BCUT2D eigenvalue weighted by Gasteiger charge is -2.31. The average molecular weight is 470 g/mol. The Bertz CT molecular complexity index is 1090. The van der Waals surface area contributed by atoms with Gasteiger partial charge < -0.3 is 15.0 Å². The lowest BCUT2D eigenvalue weighted by molar-refractivity contribution is -0.206. The monoisotopic (exact) mass is 470 g/mol. The zero-order valence-electron chi connectivity index (χ0n) is 17.1. The zero-order chi connectivity index (χ0) is 23.4. The zero-order valence-corrected chi connectivity index (χ0v) is 17.1. The molecule has 2 aromatic heterocycles. The minimum absolute atomic E-state index is 0.172. The number of alkyl halides is 5. The molecular weight excluding hydrogens is 451 g/mol. The summed E-state index contributed by atoms with van der Waals surface area (Å²) in [7, 11) is 0. The van der Waals surface area contributed by atoms with Gasteiger partial charge in [-0.05, 0) is 25.0 Å². The smallest absolute Gasteiger partial charge is 0.430 e. The van der Waals surface area contributed by atoms with Gasteiger partial charge in [-0.2, -0.15) is 13.2 Å². The van der Waals surface area contributed by atoms with E-state index in [1.807, 2.05) is 0 Å². The quantitative estimate of drug-likeness (QED) is 0.660. The Labute approximate surface area is 184 Å². The molecule has 0 radical (unpaired) electrons. The number of cyclic esters (lactones) is 1. The van der Waals surface area contributed by atoms with E-state index in [4.69, 9.17) is 0 Å². The highest BCUT2D eigenvalue weighted by Gasteiger charge is 2.51. The van der Waals surface area contributed by atoms with E-state index in [1.54, 1.807) is 4.90 Å². The van der Waals surface area contributed by atoms with Gasteiger partial charge in [-0.1, -0.05) is 0 Å². The highest BCUT2D eigenvalue weighted by molar-refractivity contribution is 5.88. The third kappa shape index (κ3) is 4.05. The normalized spacial score (nSPS) is 21.3. The molecule has 0 unspecified atom stereocenters. The number of nitrogens with one attached hydrogen (secondary N) is 2. The van der Waals surface area contributed by atoms with Crippen LogP contribution in [0.2, 0.25) is 0 Å². The van der Waals surface area contributed by atoms with Crippen molar-refractivity contribution in [1.29, 1.82) is 0 Å². The highest BCUT2D eigenvalue weighted by atomic mass is 19.4. The summed E-state index contributed by atoms with van der Waals surface area (Å²) >= 11 is 0. The molecule has 2 N–H and O–H groups in total. The molecule has 1 atom stereocenters. The van der Waals surface area contributed by atoms with E-state index >= 15 is 8.78 Å². The van der Waals surface area contributed by atoms with E-state index in [0.29, 0.717) is 39.0 Å². The van der Waals surface area contributed by atoms with Gasteiger partial charge in [-0.25, -0.2) is 28.5 Å². The van der Waals surface area contributed by atoms with Crippen molar-refractivity contribution in [3.8, 4) is 11.4 Å². The van der Waals surface area contributed by atoms with Gasteiger partial charge in [-0.3, -0.25) is 5.32 Å². The Morgan fingerprint density at radius 3 is 2.45 bits per heavy atom. The molecule has 33 heavy (non-hydrogen) atoms. The Balaban J connectivity index is 1.68. The molecule has 5 rings (SSSR count). The Kier molecular flexibility index (Phi) is 5.10. The van der Waals surface area contributed by atoms with Crippen molar-refractivity contribution in [2.75, 3.05) is 36.4 Å². The van der Waals surface area contributed by atoms with E-state index in [2.05, 4.69) is 30.3 Å². The van der Waals surface area contributed by atoms with Gasteiger partial charge in [-0.15, -0.1) is 0 Å². The van der Waals surface area contributed by atoms with Gasteiger partial charge in [0.2, 0.25) is 6.10 Å². The molecule has 1 amide bonds. The number of nitrogens with zero attached hydrogens (tertiary/aromatic N) is 4. The lowest BCUT2D eigenvalue weighted by atomic mass is 9.99. The Morgan fingerprint density at radius 2 is 1.79 bits per heavy atom. The molecule has 8 nitrogen and oxygen atoms in total. The summed E-state index contributed by atoms with van der Waals surface area (Å²) < 4.78 is 75.8. The van der Waals surface area contributed by atoms with Gasteiger partial charge in [0.05, 0.1) is 11.3 Å². The Hall–Kier alpha value is -3.09. The predicted octanol–water partition coefficient (Wildman–Crippen LogP) is 3.62. The first kappa shape index (κ1) is 21.7. The SMILES string of the molecule is O=C1Nc2ncnc(-c3cc(C(F)(F)C4CC4)cc(N4CCNCC4)n3)c2[C@H](C(F)(F)F)O1. The Morgan fingerprint density at radius 1 is 1.06 bits per heavy atom. The molecule has 4 heterocycles. The summed E-state index contributed by atoms with van der Waals surface area (Å²) in [6.07, 6.45) is -7.26. The number of hydrogen-bond donors (Lipinski definition) is 2. The van der Waals surface area contributed by atoms with Crippen molar-refractivity contribution in [3.05, 3.63) is 29.6 Å². The van der Waals surface area contributed by atoms with Crippen LogP contribution < -0.4 is 15.5 Å². The minimum Gasteiger partial charge on any atom is -0.431 e. The van der Waals surface area contributed by atoms with E-state index in [-0.39, 0.29) is 22.8 Å². The molecule has 1 aliphatic carbocycles. The van der Waals surface area contributed by atoms with Crippen LogP contribution in [0.25, 0.3) is 11.4 Å². The summed E-state index contributed by atoms with van der Waals surface area (Å²) in [6.45, 7) is 2.21. The van der Waals surface area contributed by atoms with Crippen molar-refractivity contribution in [1.82, 2.24) is 20.3 Å². The van der Waals surface area contributed by atoms with E-state index in [9.17, 15) is 18.0 Å². The number of pyridine rings is 1. The number of anilines is 2. The highest BCUT2D eigenvalue weighted by Crippen LogP contribution is 2.51. The van der Waals surface area contributed by atoms with Crippen LogP contribution in [0.15, 0.2) is 18.5 Å². The van der Waals surface area contributed by atoms with Gasteiger partial charge in [0, 0.05) is 37.7 Å². The molecule has 2 aromatic rings. The molecule has 2 fully saturated rings. The number of carbonyl (C=O) groups excluding carboxylic acids is 1. The van der Waals surface area contributed by atoms with Crippen LogP contribution in [0.1, 0.15) is 30.1 Å². The molecule has 3 aliphatic rings. The first-order valence-electron chi connectivity index (χ1n) is 10.4. The summed E-state index contributed by atoms with van der Waals surface area (Å²) in [5.74, 6) is -4.17. The third-order valence-electron chi connectivity index (χ3n) is 5.86. The van der Waals surface area contributed by atoms with Crippen LogP contribution in [0.5, 0.6) is 0 Å². The topological polar surface area (TPSA) is 92.3 Å². The molecule has 1 saturated carbocycles. The first-order valence-corrected chi connectivity index (χ1v) is 10.4. The molecule has 0 bridgehead atoms. The summed E-state index contributed by atoms with van der Waals surface area (Å²) in [5.41, 5.74) is -1.41. The van der Waals surface area contributed by atoms with Crippen molar-refractivity contribution < 1.29 is 31.5 Å². The number of halogens is 5. The molecule has 0 aromatic carbocycles. The summed E-state index contributed by atoms with van der Waals surface area (Å²) in [5, 5.41) is 5.27. The van der Waals surface area contributed by atoms with Gasteiger partial charge in [0.1, 0.15) is 23.7 Å². The van der Waals surface area contributed by atoms with E-state index in [0.717, 1.165) is 12.4 Å². The van der Waals surface area contributed by atoms with Crippen LogP contribution in [0.3, 0.4) is 0 Å². The maximum Gasteiger partial charge on any atom is 0.430 e. The van der Waals surface area contributed by atoms with Crippen LogP contribution in [-0.4, -0.2) is 53.4 Å². The second-order valence-corrected chi connectivity index (χ2v) is 8.17.